The lowest BCUT2D eigenvalue weighted by molar-refractivity contribution is 0.0151. The van der Waals surface area contributed by atoms with E-state index in [1.807, 2.05) is 6.26 Å². The molecule has 3 nitrogen and oxygen atoms in total. The highest BCUT2D eigenvalue weighted by Crippen LogP contribution is 2.33. The van der Waals surface area contributed by atoms with Gasteiger partial charge in [0.25, 0.3) is 0 Å². The van der Waals surface area contributed by atoms with Crippen molar-refractivity contribution in [3.8, 4) is 0 Å². The lowest BCUT2D eigenvalue weighted by Crippen LogP contribution is -2.40. The van der Waals surface area contributed by atoms with Gasteiger partial charge in [-0.05, 0) is 42.9 Å². The molecule has 0 saturated carbocycles. The zero-order valence-electron chi connectivity index (χ0n) is 10.00. The van der Waals surface area contributed by atoms with E-state index in [1.165, 1.54) is 5.56 Å². The van der Waals surface area contributed by atoms with Gasteiger partial charge in [0.15, 0.2) is 0 Å². The van der Waals surface area contributed by atoms with Crippen molar-refractivity contribution < 1.29 is 9.15 Å². The maximum absolute atomic E-state index is 5.47. The molecule has 1 aliphatic rings. The zero-order chi connectivity index (χ0) is 11.3. The van der Waals surface area contributed by atoms with Crippen LogP contribution < -0.4 is 5.32 Å². The van der Waals surface area contributed by atoms with E-state index in [1.54, 1.807) is 6.26 Å². The smallest absolute Gasteiger partial charge is 0.0934 e. The maximum Gasteiger partial charge on any atom is 0.0934 e. The predicted molar refractivity (Wildman–Crippen MR) is 63.4 cm³/mol. The van der Waals surface area contributed by atoms with Crippen LogP contribution in [-0.2, 0) is 11.2 Å². The minimum Gasteiger partial charge on any atom is -0.472 e. The summed E-state index contributed by atoms with van der Waals surface area (Å²) in [7, 11) is 0. The highest BCUT2D eigenvalue weighted by atomic mass is 16.5. The third-order valence-corrected chi connectivity index (χ3v) is 3.46. The molecule has 1 saturated heterocycles. The van der Waals surface area contributed by atoms with Gasteiger partial charge in [0.1, 0.15) is 0 Å². The normalized spacial score (nSPS) is 19.8. The van der Waals surface area contributed by atoms with Gasteiger partial charge in [0.05, 0.1) is 12.5 Å². The molecule has 0 atom stereocenters. The van der Waals surface area contributed by atoms with E-state index in [0.717, 1.165) is 45.6 Å². The molecule has 90 valence electrons. The molecule has 1 aliphatic heterocycles. The van der Waals surface area contributed by atoms with Gasteiger partial charge in [-0.3, -0.25) is 0 Å². The second-order valence-electron chi connectivity index (χ2n) is 4.70. The van der Waals surface area contributed by atoms with E-state index < -0.39 is 0 Å². The Bertz CT molecular complexity index is 289. The second kappa shape index (κ2) is 5.51. The van der Waals surface area contributed by atoms with Crippen molar-refractivity contribution in [1.82, 2.24) is 5.32 Å². The van der Waals surface area contributed by atoms with E-state index in [9.17, 15) is 0 Å². The Kier molecular flexibility index (Phi) is 4.02. The molecule has 0 bridgehead atoms. The fourth-order valence-electron chi connectivity index (χ4n) is 2.44. The Morgan fingerprint density at radius 1 is 1.38 bits per heavy atom. The molecule has 16 heavy (non-hydrogen) atoms. The van der Waals surface area contributed by atoms with E-state index in [-0.39, 0.29) is 0 Å². The summed E-state index contributed by atoms with van der Waals surface area (Å²) in [6.07, 6.45) is 7.01. The minimum absolute atomic E-state index is 0.359. The fourth-order valence-corrected chi connectivity index (χ4v) is 2.44. The van der Waals surface area contributed by atoms with Crippen molar-refractivity contribution >= 4 is 0 Å². The molecule has 1 aromatic rings. The highest BCUT2D eigenvalue weighted by Gasteiger charge is 2.32. The lowest BCUT2D eigenvalue weighted by atomic mass is 9.75. The van der Waals surface area contributed by atoms with Gasteiger partial charge in [-0.1, -0.05) is 6.92 Å². The van der Waals surface area contributed by atoms with E-state index in [2.05, 4.69) is 18.3 Å². The number of furan rings is 1. The average molecular weight is 223 g/mol. The first-order valence-corrected chi connectivity index (χ1v) is 6.14. The quantitative estimate of drug-likeness (QED) is 0.831. The predicted octanol–water partition coefficient (Wildman–Crippen LogP) is 2.23. The van der Waals surface area contributed by atoms with E-state index >= 15 is 0 Å². The van der Waals surface area contributed by atoms with Crippen molar-refractivity contribution in [2.45, 2.75) is 26.2 Å². The summed E-state index contributed by atoms with van der Waals surface area (Å²) in [5.74, 6) is 0. The van der Waals surface area contributed by atoms with Crippen LogP contribution in [0.3, 0.4) is 0 Å². The number of nitrogens with one attached hydrogen (secondary N) is 1. The molecule has 2 heterocycles. The molecular weight excluding hydrogens is 202 g/mol. The first-order valence-electron chi connectivity index (χ1n) is 6.14. The number of hydrogen-bond acceptors (Lipinski definition) is 3. The lowest BCUT2D eigenvalue weighted by Gasteiger charge is -2.37. The van der Waals surface area contributed by atoms with Gasteiger partial charge >= 0.3 is 0 Å². The molecule has 1 N–H and O–H groups in total. The highest BCUT2D eigenvalue weighted by molar-refractivity contribution is 5.09. The van der Waals surface area contributed by atoms with Crippen LogP contribution in [0.25, 0.3) is 0 Å². The van der Waals surface area contributed by atoms with Crippen LogP contribution in [0.1, 0.15) is 25.3 Å². The molecule has 0 radical (unpaired) electrons. The second-order valence-corrected chi connectivity index (χ2v) is 4.70. The van der Waals surface area contributed by atoms with Gasteiger partial charge < -0.3 is 14.5 Å². The van der Waals surface area contributed by atoms with Gasteiger partial charge in [0.2, 0.25) is 0 Å². The molecule has 1 aromatic heterocycles. The summed E-state index contributed by atoms with van der Waals surface area (Å²) in [5, 5.41) is 3.49. The molecule has 0 spiro atoms. The Morgan fingerprint density at radius 3 is 2.81 bits per heavy atom. The summed E-state index contributed by atoms with van der Waals surface area (Å²) in [6.45, 7) is 6.06. The minimum atomic E-state index is 0.359. The van der Waals surface area contributed by atoms with Gasteiger partial charge in [-0.25, -0.2) is 0 Å². The number of rotatable bonds is 5. The van der Waals surface area contributed by atoms with Gasteiger partial charge in [-0.2, -0.15) is 0 Å². The Balaban J connectivity index is 2.01. The van der Waals surface area contributed by atoms with Crippen molar-refractivity contribution in [2.24, 2.45) is 5.41 Å². The van der Waals surface area contributed by atoms with Gasteiger partial charge in [0, 0.05) is 19.8 Å². The van der Waals surface area contributed by atoms with Crippen molar-refractivity contribution in [3.63, 3.8) is 0 Å². The van der Waals surface area contributed by atoms with Crippen LogP contribution in [0.15, 0.2) is 23.0 Å². The van der Waals surface area contributed by atoms with Crippen molar-refractivity contribution in [2.75, 3.05) is 26.3 Å². The molecule has 3 heteroatoms. The molecule has 2 rings (SSSR count). The SMILES string of the molecule is CCNCC1(Cc2ccoc2)CCOCC1. The number of ether oxygens (including phenoxy) is 1. The molecule has 0 aromatic carbocycles. The third kappa shape index (κ3) is 2.86. The molecule has 0 aliphatic carbocycles. The van der Waals surface area contributed by atoms with Crippen LogP contribution in [-0.4, -0.2) is 26.3 Å². The first kappa shape index (κ1) is 11.7. The summed E-state index contributed by atoms with van der Waals surface area (Å²) >= 11 is 0. The topological polar surface area (TPSA) is 34.4 Å². The van der Waals surface area contributed by atoms with Crippen molar-refractivity contribution in [1.29, 1.82) is 0 Å². The molecular formula is C13H21NO2. The number of hydrogen-bond donors (Lipinski definition) is 1. The third-order valence-electron chi connectivity index (χ3n) is 3.46. The van der Waals surface area contributed by atoms with Gasteiger partial charge in [-0.15, -0.1) is 0 Å². The van der Waals surface area contributed by atoms with E-state index in [0.29, 0.717) is 5.41 Å². The van der Waals surface area contributed by atoms with Crippen molar-refractivity contribution in [3.05, 3.63) is 24.2 Å². The van der Waals surface area contributed by atoms with Crippen LogP contribution in [0.4, 0.5) is 0 Å². The standard InChI is InChI=1S/C13H21NO2/c1-2-14-11-13(4-7-15-8-5-13)9-12-3-6-16-10-12/h3,6,10,14H,2,4-5,7-9,11H2,1H3. The van der Waals surface area contributed by atoms with Crippen LogP contribution in [0.2, 0.25) is 0 Å². The maximum atomic E-state index is 5.47. The average Bonchev–Trinajstić information content (AvgIpc) is 2.80. The van der Waals surface area contributed by atoms with Crippen LogP contribution in [0.5, 0.6) is 0 Å². The molecule has 0 unspecified atom stereocenters. The Morgan fingerprint density at radius 2 is 2.19 bits per heavy atom. The summed E-state index contributed by atoms with van der Waals surface area (Å²) in [4.78, 5) is 0. The van der Waals surface area contributed by atoms with E-state index in [4.69, 9.17) is 9.15 Å². The Labute approximate surface area is 97.2 Å². The van der Waals surface area contributed by atoms with Crippen LogP contribution >= 0.6 is 0 Å². The first-order chi connectivity index (χ1) is 7.85. The zero-order valence-corrected chi connectivity index (χ0v) is 10.00. The summed E-state index contributed by atoms with van der Waals surface area (Å²) in [5.41, 5.74) is 1.66. The Hall–Kier alpha value is -0.800. The largest absolute Gasteiger partial charge is 0.472 e. The summed E-state index contributed by atoms with van der Waals surface area (Å²) < 4.78 is 10.6. The monoisotopic (exact) mass is 223 g/mol. The molecule has 1 fully saturated rings. The summed E-state index contributed by atoms with van der Waals surface area (Å²) in [6, 6.07) is 2.07. The van der Waals surface area contributed by atoms with Crippen LogP contribution in [0, 0.1) is 5.41 Å². The fraction of sp³-hybridized carbons (Fsp3) is 0.692. The molecule has 0 amide bonds.